The van der Waals surface area contributed by atoms with Crippen molar-refractivity contribution in [1.29, 1.82) is 0 Å². The Morgan fingerprint density at radius 1 is 1.04 bits per heavy atom. The quantitative estimate of drug-likeness (QED) is 0.752. The first-order valence-electron chi connectivity index (χ1n) is 9.56. The van der Waals surface area contributed by atoms with Gasteiger partial charge in [-0.3, -0.25) is 14.7 Å². The molecule has 2 aromatic rings. The maximum Gasteiger partial charge on any atom is 0.241 e. The molecule has 3 rings (SSSR count). The number of carbonyl (C=O) groups is 1. The van der Waals surface area contributed by atoms with Crippen molar-refractivity contribution >= 4 is 5.91 Å². The predicted molar refractivity (Wildman–Crippen MR) is 106 cm³/mol. The summed E-state index contributed by atoms with van der Waals surface area (Å²) in [5, 5.41) is 11.0. The van der Waals surface area contributed by atoms with Gasteiger partial charge in [0.15, 0.2) is 0 Å². The van der Waals surface area contributed by atoms with Gasteiger partial charge in [-0.1, -0.05) is 60.7 Å². The lowest BCUT2D eigenvalue weighted by atomic mass is 9.91. The molecule has 0 radical (unpaired) electrons. The van der Waals surface area contributed by atoms with Gasteiger partial charge < -0.3 is 5.11 Å². The summed E-state index contributed by atoms with van der Waals surface area (Å²) in [6.45, 7) is 3.80. The number of benzene rings is 2. The zero-order valence-corrected chi connectivity index (χ0v) is 16.1. The molecule has 0 saturated carbocycles. The topological polar surface area (TPSA) is 55.8 Å². The fourth-order valence-electron chi connectivity index (χ4n) is 3.87. The smallest absolute Gasteiger partial charge is 0.241 e. The van der Waals surface area contributed by atoms with Crippen LogP contribution in [0.2, 0.25) is 0 Å². The molecule has 3 atom stereocenters. The number of aliphatic hydroxyl groups excluding tert-OH is 1. The maximum atomic E-state index is 12.5. The van der Waals surface area contributed by atoms with Crippen LogP contribution in [0.3, 0.4) is 0 Å². The number of amides is 1. The molecule has 0 aromatic heterocycles. The molecule has 144 valence electrons. The average molecular weight is 367 g/mol. The number of hydrogen-bond acceptors (Lipinski definition) is 4. The van der Waals surface area contributed by atoms with Crippen LogP contribution in [0.5, 0.6) is 0 Å². The first-order valence-corrected chi connectivity index (χ1v) is 9.56. The average Bonchev–Trinajstić information content (AvgIpc) is 2.97. The molecule has 0 aliphatic carbocycles. The van der Waals surface area contributed by atoms with E-state index in [0.29, 0.717) is 6.42 Å². The van der Waals surface area contributed by atoms with Gasteiger partial charge in [0.1, 0.15) is 0 Å². The van der Waals surface area contributed by atoms with Gasteiger partial charge in [0.25, 0.3) is 0 Å². The first kappa shape index (κ1) is 19.5. The minimum Gasteiger partial charge on any atom is -0.396 e. The summed E-state index contributed by atoms with van der Waals surface area (Å²) < 4.78 is 0. The van der Waals surface area contributed by atoms with E-state index in [9.17, 15) is 9.90 Å². The molecule has 0 bridgehead atoms. The largest absolute Gasteiger partial charge is 0.396 e. The van der Waals surface area contributed by atoms with Crippen LogP contribution >= 0.6 is 0 Å². The van der Waals surface area contributed by atoms with E-state index in [2.05, 4.69) is 65.8 Å². The second kappa shape index (κ2) is 9.13. The van der Waals surface area contributed by atoms with Gasteiger partial charge in [0, 0.05) is 32.8 Å². The van der Waals surface area contributed by atoms with Crippen molar-refractivity contribution < 1.29 is 9.90 Å². The highest BCUT2D eigenvalue weighted by atomic mass is 16.3. The van der Waals surface area contributed by atoms with Gasteiger partial charge in [-0.25, -0.2) is 5.43 Å². The Kier molecular flexibility index (Phi) is 6.61. The van der Waals surface area contributed by atoms with Crippen LogP contribution in [0, 0.1) is 5.92 Å². The van der Waals surface area contributed by atoms with Gasteiger partial charge in [0.05, 0.1) is 12.0 Å². The summed E-state index contributed by atoms with van der Waals surface area (Å²) in [4.78, 5) is 14.9. The maximum absolute atomic E-state index is 12.5. The minimum absolute atomic E-state index is 0.0204. The molecule has 1 aliphatic rings. The minimum atomic E-state index is -0.205. The number of nitrogens with one attached hydrogen (secondary N) is 1. The van der Waals surface area contributed by atoms with Crippen LogP contribution in [-0.2, 0) is 17.9 Å². The zero-order chi connectivity index (χ0) is 19.2. The Morgan fingerprint density at radius 3 is 2.04 bits per heavy atom. The molecule has 2 N–H and O–H groups in total. The lowest BCUT2D eigenvalue weighted by Gasteiger charge is -2.35. The fraction of sp³-hybridized carbons (Fsp3) is 0.409. The van der Waals surface area contributed by atoms with Crippen molar-refractivity contribution in [3.8, 4) is 0 Å². The summed E-state index contributed by atoms with van der Waals surface area (Å²) in [7, 11) is 1.76. The highest BCUT2D eigenvalue weighted by Crippen LogP contribution is 2.26. The Bertz CT molecular complexity index is 681. The van der Waals surface area contributed by atoms with Gasteiger partial charge >= 0.3 is 0 Å². The molecular formula is C22H29N3O2. The van der Waals surface area contributed by atoms with E-state index in [-0.39, 0.29) is 30.5 Å². The molecule has 1 fully saturated rings. The van der Waals surface area contributed by atoms with E-state index in [1.165, 1.54) is 11.1 Å². The summed E-state index contributed by atoms with van der Waals surface area (Å²) in [6, 6.07) is 20.9. The monoisotopic (exact) mass is 367 g/mol. The third-order valence-corrected chi connectivity index (χ3v) is 5.42. The standard InChI is InChI=1S/C22H29N3O2/c1-17(21-20(13-14-26)22(27)24(2)23-21)25(15-18-9-5-3-6-10-18)16-19-11-7-4-8-12-19/h3-12,17,20-21,23,26H,13-16H2,1-2H3/t17-,20-,21-/m0/s1. The van der Waals surface area contributed by atoms with Gasteiger partial charge in [-0.05, 0) is 24.5 Å². The van der Waals surface area contributed by atoms with Crippen LogP contribution in [0.4, 0.5) is 0 Å². The number of hydrogen-bond donors (Lipinski definition) is 2. The van der Waals surface area contributed by atoms with Crippen LogP contribution in [-0.4, -0.2) is 46.7 Å². The highest BCUT2D eigenvalue weighted by molar-refractivity contribution is 5.81. The van der Waals surface area contributed by atoms with E-state index in [0.717, 1.165) is 13.1 Å². The fourth-order valence-corrected chi connectivity index (χ4v) is 3.87. The molecule has 1 aliphatic heterocycles. The van der Waals surface area contributed by atoms with Crippen molar-refractivity contribution in [2.75, 3.05) is 13.7 Å². The molecule has 5 heteroatoms. The Balaban J connectivity index is 1.83. The summed E-state index contributed by atoms with van der Waals surface area (Å²) in [5.74, 6) is -0.149. The SMILES string of the molecule is C[C@@H]([C@@H]1NN(C)C(=O)[C@H]1CCO)N(Cc1ccccc1)Cc1ccccc1. The number of aliphatic hydroxyl groups is 1. The first-order chi connectivity index (χ1) is 13.1. The molecule has 27 heavy (non-hydrogen) atoms. The Hall–Kier alpha value is -2.21. The molecule has 2 aromatic carbocycles. The molecule has 5 nitrogen and oxygen atoms in total. The van der Waals surface area contributed by atoms with E-state index < -0.39 is 0 Å². The van der Waals surface area contributed by atoms with Crippen molar-refractivity contribution in [2.24, 2.45) is 5.92 Å². The van der Waals surface area contributed by atoms with Gasteiger partial charge in [-0.15, -0.1) is 0 Å². The second-order valence-corrected chi connectivity index (χ2v) is 7.29. The molecule has 1 amide bonds. The molecular weight excluding hydrogens is 338 g/mol. The van der Waals surface area contributed by atoms with E-state index in [1.54, 1.807) is 12.1 Å². The lowest BCUT2D eigenvalue weighted by molar-refractivity contribution is -0.131. The number of rotatable bonds is 8. The van der Waals surface area contributed by atoms with Crippen molar-refractivity contribution in [3.05, 3.63) is 71.8 Å². The lowest BCUT2D eigenvalue weighted by Crippen LogP contribution is -2.49. The number of carbonyl (C=O) groups excluding carboxylic acids is 1. The Morgan fingerprint density at radius 2 is 1.56 bits per heavy atom. The number of hydrazine groups is 1. The molecule has 0 unspecified atom stereocenters. The molecule has 1 saturated heterocycles. The highest BCUT2D eigenvalue weighted by Gasteiger charge is 2.42. The normalized spacial score (nSPS) is 21.0. The van der Waals surface area contributed by atoms with Crippen LogP contribution in [0.1, 0.15) is 24.5 Å². The van der Waals surface area contributed by atoms with E-state index >= 15 is 0 Å². The summed E-state index contributed by atoms with van der Waals surface area (Å²) in [5.41, 5.74) is 5.82. The molecule has 1 heterocycles. The van der Waals surface area contributed by atoms with Gasteiger partial charge in [0.2, 0.25) is 5.91 Å². The van der Waals surface area contributed by atoms with Crippen molar-refractivity contribution in [1.82, 2.24) is 15.3 Å². The van der Waals surface area contributed by atoms with Crippen LogP contribution < -0.4 is 5.43 Å². The zero-order valence-electron chi connectivity index (χ0n) is 16.1. The third-order valence-electron chi connectivity index (χ3n) is 5.42. The summed E-state index contributed by atoms with van der Waals surface area (Å²) >= 11 is 0. The molecule has 0 spiro atoms. The second-order valence-electron chi connectivity index (χ2n) is 7.29. The van der Waals surface area contributed by atoms with Crippen LogP contribution in [0.25, 0.3) is 0 Å². The predicted octanol–water partition coefficient (Wildman–Crippen LogP) is 2.42. The number of nitrogens with zero attached hydrogens (tertiary/aromatic N) is 2. The third kappa shape index (κ3) is 4.75. The van der Waals surface area contributed by atoms with E-state index in [1.807, 2.05) is 12.1 Å². The van der Waals surface area contributed by atoms with Crippen molar-refractivity contribution in [2.45, 2.75) is 38.5 Å². The Labute approximate surface area is 161 Å². The van der Waals surface area contributed by atoms with Crippen molar-refractivity contribution in [3.63, 3.8) is 0 Å². The van der Waals surface area contributed by atoms with Gasteiger partial charge in [-0.2, -0.15) is 0 Å². The van der Waals surface area contributed by atoms with Crippen LogP contribution in [0.15, 0.2) is 60.7 Å². The summed E-state index contributed by atoms with van der Waals surface area (Å²) in [6.07, 6.45) is 0.482. The van der Waals surface area contributed by atoms with E-state index in [4.69, 9.17) is 0 Å².